The number of aryl methyl sites for hydroxylation is 1. The summed E-state index contributed by atoms with van der Waals surface area (Å²) >= 11 is 0. The van der Waals surface area contributed by atoms with Crippen LogP contribution < -0.4 is 16.6 Å². The fourth-order valence-corrected chi connectivity index (χ4v) is 4.90. The molecule has 0 radical (unpaired) electrons. The Morgan fingerprint density at radius 2 is 1.26 bits per heavy atom. The Morgan fingerprint density at radius 1 is 0.739 bits per heavy atom. The lowest BCUT2D eigenvalue weighted by molar-refractivity contribution is 0.0147. The largest absolute Gasteiger partial charge is 0.387 e. The van der Waals surface area contributed by atoms with Crippen LogP contribution >= 0.6 is 0 Å². The third kappa shape index (κ3) is 24.0. The zero-order valence-electron chi connectivity index (χ0n) is 28.7. The van der Waals surface area contributed by atoms with Crippen LogP contribution in [-0.2, 0) is 25.4 Å². The van der Waals surface area contributed by atoms with Gasteiger partial charge in [-0.15, -0.1) is 6.58 Å². The molecule has 1 aromatic carbocycles. The maximum absolute atomic E-state index is 14.0. The molecular weight excluding hydrogens is 588 g/mol. The van der Waals surface area contributed by atoms with Gasteiger partial charge >= 0.3 is 0 Å². The third-order valence-electron chi connectivity index (χ3n) is 7.58. The van der Waals surface area contributed by atoms with Gasteiger partial charge in [-0.2, -0.15) is 0 Å². The summed E-state index contributed by atoms with van der Waals surface area (Å²) < 4.78 is 50.5. The SMILES string of the molecule is C=CCCCCCCCCCCCOC/C(=C/NCCOCCOCCOCCCCCC(=C)Cc1c(F)cc(C)cc1F)NN. The highest BCUT2D eigenvalue weighted by atomic mass is 19.1. The molecule has 7 nitrogen and oxygen atoms in total. The van der Waals surface area contributed by atoms with Gasteiger partial charge in [0.2, 0.25) is 0 Å². The number of nitrogens with two attached hydrogens (primary N) is 1. The Balaban J connectivity index is 1.85. The van der Waals surface area contributed by atoms with Crippen LogP contribution in [0.15, 0.2) is 48.8 Å². The summed E-state index contributed by atoms with van der Waals surface area (Å²) in [6.45, 7) is 14.6. The molecule has 0 aliphatic heterocycles. The predicted molar refractivity (Wildman–Crippen MR) is 185 cm³/mol. The Hall–Kier alpha value is -2.30. The van der Waals surface area contributed by atoms with Crippen LogP contribution in [0.3, 0.4) is 0 Å². The molecule has 0 heterocycles. The minimum Gasteiger partial charge on any atom is -0.387 e. The number of hydrazine groups is 1. The van der Waals surface area contributed by atoms with Gasteiger partial charge in [0, 0.05) is 31.5 Å². The fourth-order valence-electron chi connectivity index (χ4n) is 4.90. The van der Waals surface area contributed by atoms with E-state index < -0.39 is 11.6 Å². The number of ether oxygens (including phenoxy) is 4. The van der Waals surface area contributed by atoms with Crippen LogP contribution in [-0.4, -0.2) is 59.4 Å². The van der Waals surface area contributed by atoms with Gasteiger partial charge in [0.05, 0.1) is 45.3 Å². The van der Waals surface area contributed by atoms with Crippen LogP contribution in [0.1, 0.15) is 101 Å². The van der Waals surface area contributed by atoms with Crippen LogP contribution in [0.4, 0.5) is 8.78 Å². The van der Waals surface area contributed by atoms with Gasteiger partial charge in [0.25, 0.3) is 0 Å². The second-order valence-electron chi connectivity index (χ2n) is 11.9. The average Bonchev–Trinajstić information content (AvgIpc) is 3.03. The molecule has 0 aliphatic carbocycles. The molecule has 0 saturated heterocycles. The van der Waals surface area contributed by atoms with E-state index in [9.17, 15) is 8.78 Å². The van der Waals surface area contributed by atoms with Crippen molar-refractivity contribution in [2.45, 2.75) is 103 Å². The van der Waals surface area contributed by atoms with Gasteiger partial charge in [-0.3, -0.25) is 5.84 Å². The molecule has 0 aromatic heterocycles. The molecule has 264 valence electrons. The highest BCUT2D eigenvalue weighted by Gasteiger charge is 2.11. The van der Waals surface area contributed by atoms with Crippen molar-refractivity contribution in [3.8, 4) is 0 Å². The summed E-state index contributed by atoms with van der Waals surface area (Å²) in [5.41, 5.74) is 5.02. The van der Waals surface area contributed by atoms with E-state index in [-0.39, 0.29) is 12.0 Å². The van der Waals surface area contributed by atoms with Crippen molar-refractivity contribution in [2.24, 2.45) is 5.84 Å². The van der Waals surface area contributed by atoms with Gasteiger partial charge < -0.3 is 29.7 Å². The van der Waals surface area contributed by atoms with Gasteiger partial charge in [-0.1, -0.05) is 69.6 Å². The lowest BCUT2D eigenvalue weighted by Gasteiger charge is -2.10. The summed E-state index contributed by atoms with van der Waals surface area (Å²) in [5, 5.41) is 3.19. The molecule has 1 rings (SSSR count). The van der Waals surface area contributed by atoms with Crippen molar-refractivity contribution in [1.82, 2.24) is 10.7 Å². The molecule has 1 aromatic rings. The number of benzene rings is 1. The van der Waals surface area contributed by atoms with E-state index in [1.165, 1.54) is 63.5 Å². The Morgan fingerprint density at radius 3 is 1.87 bits per heavy atom. The minimum absolute atomic E-state index is 0.108. The van der Waals surface area contributed by atoms with Gasteiger partial charge in [0.1, 0.15) is 11.6 Å². The van der Waals surface area contributed by atoms with Crippen LogP contribution in [0.5, 0.6) is 0 Å². The topological polar surface area (TPSA) is 87.0 Å². The van der Waals surface area contributed by atoms with Gasteiger partial charge in [-0.05, 0) is 69.6 Å². The molecule has 0 amide bonds. The maximum Gasteiger partial charge on any atom is 0.129 e. The molecule has 0 aliphatic rings. The van der Waals surface area contributed by atoms with E-state index >= 15 is 0 Å². The fraction of sp³-hybridized carbons (Fsp3) is 0.676. The first kappa shape index (κ1) is 41.7. The average molecular weight is 652 g/mol. The summed E-state index contributed by atoms with van der Waals surface area (Å²) in [5.74, 6) is 4.61. The monoisotopic (exact) mass is 651 g/mol. The first-order chi connectivity index (χ1) is 22.5. The van der Waals surface area contributed by atoms with E-state index in [4.69, 9.17) is 24.8 Å². The molecule has 0 unspecified atom stereocenters. The summed E-state index contributed by atoms with van der Waals surface area (Å²) in [6, 6.07) is 2.73. The van der Waals surface area contributed by atoms with Crippen LogP contribution in [0, 0.1) is 18.6 Å². The number of allylic oxidation sites excluding steroid dienone is 2. The third-order valence-corrected chi connectivity index (χ3v) is 7.58. The van der Waals surface area contributed by atoms with Crippen molar-refractivity contribution < 1.29 is 27.7 Å². The van der Waals surface area contributed by atoms with E-state index in [0.717, 1.165) is 56.4 Å². The molecule has 9 heteroatoms. The Bertz CT molecular complexity index is 922. The summed E-state index contributed by atoms with van der Waals surface area (Å²) in [7, 11) is 0. The van der Waals surface area contributed by atoms with Crippen molar-refractivity contribution in [1.29, 1.82) is 0 Å². The number of nitrogens with one attached hydrogen (secondary N) is 2. The van der Waals surface area contributed by atoms with Crippen molar-refractivity contribution >= 4 is 0 Å². The molecule has 0 saturated carbocycles. The lowest BCUT2D eigenvalue weighted by Crippen LogP contribution is -2.27. The van der Waals surface area contributed by atoms with E-state index in [1.54, 1.807) is 6.92 Å². The number of unbranched alkanes of at least 4 members (excludes halogenated alkanes) is 11. The van der Waals surface area contributed by atoms with Crippen molar-refractivity contribution in [2.75, 3.05) is 59.4 Å². The molecule has 46 heavy (non-hydrogen) atoms. The molecule has 0 atom stereocenters. The van der Waals surface area contributed by atoms with Gasteiger partial charge in [-0.25, -0.2) is 8.78 Å². The quantitative estimate of drug-likeness (QED) is 0.0308. The second-order valence-corrected chi connectivity index (χ2v) is 11.9. The first-order valence-electron chi connectivity index (χ1n) is 17.4. The maximum atomic E-state index is 14.0. The minimum atomic E-state index is -0.496. The van der Waals surface area contributed by atoms with Crippen molar-refractivity contribution in [3.05, 3.63) is 71.6 Å². The molecular formula is C37H63F2N3O4. The number of rotatable bonds is 33. The van der Waals surface area contributed by atoms with Gasteiger partial charge in [0.15, 0.2) is 0 Å². The summed E-state index contributed by atoms with van der Waals surface area (Å²) in [6.07, 6.45) is 20.3. The zero-order chi connectivity index (χ0) is 33.5. The number of hydrogen-bond acceptors (Lipinski definition) is 7. The van der Waals surface area contributed by atoms with E-state index in [2.05, 4.69) is 23.9 Å². The Labute approximate surface area is 278 Å². The highest BCUT2D eigenvalue weighted by Crippen LogP contribution is 2.20. The normalized spacial score (nSPS) is 11.6. The summed E-state index contributed by atoms with van der Waals surface area (Å²) in [4.78, 5) is 0. The van der Waals surface area contributed by atoms with E-state index in [1.807, 2.05) is 12.3 Å². The second kappa shape index (κ2) is 30.1. The highest BCUT2D eigenvalue weighted by molar-refractivity contribution is 5.28. The van der Waals surface area contributed by atoms with Crippen LogP contribution in [0.2, 0.25) is 0 Å². The number of halogens is 2. The first-order valence-corrected chi connectivity index (χ1v) is 17.4. The predicted octanol–water partition coefficient (Wildman–Crippen LogP) is 7.98. The smallest absolute Gasteiger partial charge is 0.129 e. The standard InChI is InChI=1S/C37H63F2N3O4/c1-4-5-6-7-8-9-10-11-12-13-16-21-46-31-34(42-40)30-41-19-22-44-24-26-45-25-23-43-20-17-14-15-18-32(2)27-35-36(38)28-33(3)29-37(35)39/h4,28-30,41-42H,1-2,5-27,31,40H2,3H3/b34-30-. The molecule has 0 bridgehead atoms. The zero-order valence-corrected chi connectivity index (χ0v) is 28.7. The Kier molecular flexibility index (Phi) is 27.3. The lowest BCUT2D eigenvalue weighted by atomic mass is 9.99. The van der Waals surface area contributed by atoms with Crippen molar-refractivity contribution in [3.63, 3.8) is 0 Å². The molecule has 0 spiro atoms. The number of hydrogen-bond donors (Lipinski definition) is 3. The molecule has 0 fully saturated rings. The molecule has 4 N–H and O–H groups in total. The van der Waals surface area contributed by atoms with Crippen LogP contribution in [0.25, 0.3) is 0 Å². The van der Waals surface area contributed by atoms with E-state index in [0.29, 0.717) is 58.4 Å².